The molecule has 0 atom stereocenters. The van der Waals surface area contributed by atoms with Crippen molar-refractivity contribution in [3.8, 4) is 0 Å². The number of hydrogen-bond acceptors (Lipinski definition) is 5. The van der Waals surface area contributed by atoms with Gasteiger partial charge in [0.25, 0.3) is 5.91 Å². The van der Waals surface area contributed by atoms with E-state index in [1.165, 1.54) is 18.3 Å². The Morgan fingerprint density at radius 3 is 2.78 bits per heavy atom. The summed E-state index contributed by atoms with van der Waals surface area (Å²) in [6.07, 6.45) is 1.90. The number of hydrogen-bond donors (Lipinski definition) is 1. The Morgan fingerprint density at radius 1 is 1.35 bits per heavy atom. The highest BCUT2D eigenvalue weighted by Crippen LogP contribution is 2.31. The lowest BCUT2D eigenvalue weighted by atomic mass is 9.97. The van der Waals surface area contributed by atoms with Gasteiger partial charge in [-0.15, -0.1) is 22.7 Å². The minimum atomic E-state index is -0.0417. The molecule has 0 radical (unpaired) electrons. The first-order valence-corrected chi connectivity index (χ1v) is 9.41. The highest BCUT2D eigenvalue weighted by atomic mass is 32.1. The first-order valence-electron chi connectivity index (χ1n) is 7.65. The SMILES string of the molecule is CC(=O)NCc1csc(C2CCN(C(=O)c3cccs3)CC2)n1. The molecule has 1 fully saturated rings. The van der Waals surface area contributed by atoms with Crippen molar-refractivity contribution in [2.75, 3.05) is 13.1 Å². The number of nitrogens with zero attached hydrogens (tertiary/aromatic N) is 2. The molecule has 0 unspecified atom stereocenters. The van der Waals surface area contributed by atoms with Crippen molar-refractivity contribution in [2.24, 2.45) is 0 Å². The Morgan fingerprint density at radius 2 is 2.13 bits per heavy atom. The van der Waals surface area contributed by atoms with Gasteiger partial charge in [-0.25, -0.2) is 4.98 Å². The number of rotatable bonds is 4. The second-order valence-corrected chi connectivity index (χ2v) is 7.47. The van der Waals surface area contributed by atoms with Gasteiger partial charge in [-0.1, -0.05) is 6.07 Å². The van der Waals surface area contributed by atoms with E-state index in [1.807, 2.05) is 27.8 Å². The fourth-order valence-electron chi connectivity index (χ4n) is 2.69. The van der Waals surface area contributed by atoms with Crippen molar-refractivity contribution in [1.29, 1.82) is 0 Å². The third kappa shape index (κ3) is 3.97. The molecule has 23 heavy (non-hydrogen) atoms. The van der Waals surface area contributed by atoms with Crippen LogP contribution in [-0.2, 0) is 11.3 Å². The van der Waals surface area contributed by atoms with Gasteiger partial charge in [0.05, 0.1) is 22.1 Å². The number of thiophene rings is 1. The maximum Gasteiger partial charge on any atom is 0.263 e. The molecule has 2 amide bonds. The second-order valence-electron chi connectivity index (χ2n) is 5.63. The van der Waals surface area contributed by atoms with Crippen LogP contribution in [0, 0.1) is 0 Å². The Hall–Kier alpha value is -1.73. The molecular weight excluding hydrogens is 330 g/mol. The Kier molecular flexibility index (Phi) is 5.07. The fourth-order valence-corrected chi connectivity index (χ4v) is 4.37. The number of carbonyl (C=O) groups excluding carboxylic acids is 2. The summed E-state index contributed by atoms with van der Waals surface area (Å²) in [6, 6.07) is 3.80. The number of carbonyl (C=O) groups is 2. The molecule has 1 saturated heterocycles. The van der Waals surface area contributed by atoms with E-state index in [0.29, 0.717) is 12.5 Å². The molecule has 0 saturated carbocycles. The lowest BCUT2D eigenvalue weighted by Crippen LogP contribution is -2.37. The highest BCUT2D eigenvalue weighted by molar-refractivity contribution is 7.12. The van der Waals surface area contributed by atoms with E-state index < -0.39 is 0 Å². The van der Waals surface area contributed by atoms with Crippen LogP contribution in [0.4, 0.5) is 0 Å². The third-order valence-electron chi connectivity index (χ3n) is 3.95. The number of likely N-dealkylation sites (tertiary alicyclic amines) is 1. The summed E-state index contributed by atoms with van der Waals surface area (Å²) in [5.41, 5.74) is 0.914. The quantitative estimate of drug-likeness (QED) is 0.923. The van der Waals surface area contributed by atoms with Crippen molar-refractivity contribution in [1.82, 2.24) is 15.2 Å². The molecule has 1 N–H and O–H groups in total. The zero-order chi connectivity index (χ0) is 16.2. The van der Waals surface area contributed by atoms with Crippen LogP contribution in [-0.4, -0.2) is 34.8 Å². The summed E-state index contributed by atoms with van der Waals surface area (Å²) in [5, 5.41) is 7.83. The Bertz CT molecular complexity index is 673. The zero-order valence-electron chi connectivity index (χ0n) is 12.9. The summed E-state index contributed by atoms with van der Waals surface area (Å²) in [4.78, 5) is 30.7. The third-order valence-corrected chi connectivity index (χ3v) is 5.87. The van der Waals surface area contributed by atoms with Crippen molar-refractivity contribution < 1.29 is 9.59 Å². The average Bonchev–Trinajstić information content (AvgIpc) is 3.24. The predicted molar refractivity (Wildman–Crippen MR) is 91.8 cm³/mol. The number of piperidine rings is 1. The van der Waals surface area contributed by atoms with Crippen molar-refractivity contribution in [3.05, 3.63) is 38.5 Å². The normalized spacial score (nSPS) is 15.6. The van der Waals surface area contributed by atoms with Crippen LogP contribution >= 0.6 is 22.7 Å². The van der Waals surface area contributed by atoms with Gasteiger partial charge in [-0.3, -0.25) is 9.59 Å². The summed E-state index contributed by atoms with van der Waals surface area (Å²) in [6.45, 7) is 3.55. The largest absolute Gasteiger partial charge is 0.351 e. The average molecular weight is 349 g/mol. The molecule has 122 valence electrons. The zero-order valence-corrected chi connectivity index (χ0v) is 14.6. The standard InChI is InChI=1S/C16H19N3O2S2/c1-11(20)17-9-13-10-23-15(18-13)12-4-6-19(7-5-12)16(21)14-3-2-8-22-14/h2-3,8,10,12H,4-7,9H2,1H3,(H,17,20). The predicted octanol–water partition coefficient (Wildman–Crippen LogP) is 2.86. The van der Waals surface area contributed by atoms with Crippen LogP contribution in [0.15, 0.2) is 22.9 Å². The molecule has 5 nitrogen and oxygen atoms in total. The van der Waals surface area contributed by atoms with Gasteiger partial charge >= 0.3 is 0 Å². The molecule has 1 aliphatic heterocycles. The van der Waals surface area contributed by atoms with Gasteiger partial charge in [0.15, 0.2) is 0 Å². The Balaban J connectivity index is 1.54. The van der Waals surface area contributed by atoms with E-state index in [1.54, 1.807) is 11.3 Å². The van der Waals surface area contributed by atoms with Crippen LogP contribution in [0.3, 0.4) is 0 Å². The fraction of sp³-hybridized carbons (Fsp3) is 0.438. The minimum absolute atomic E-state index is 0.0417. The van der Waals surface area contributed by atoms with Crippen LogP contribution in [0.5, 0.6) is 0 Å². The maximum atomic E-state index is 12.3. The second kappa shape index (κ2) is 7.23. The van der Waals surface area contributed by atoms with Crippen LogP contribution in [0.2, 0.25) is 0 Å². The van der Waals surface area contributed by atoms with E-state index in [4.69, 9.17) is 0 Å². The molecule has 1 aliphatic rings. The lowest BCUT2D eigenvalue weighted by Gasteiger charge is -2.30. The summed E-state index contributed by atoms with van der Waals surface area (Å²) in [5.74, 6) is 0.516. The molecule has 2 aromatic rings. The first-order chi connectivity index (χ1) is 11.1. The van der Waals surface area contributed by atoms with Crippen LogP contribution in [0.25, 0.3) is 0 Å². The molecule has 0 aromatic carbocycles. The minimum Gasteiger partial charge on any atom is -0.351 e. The topological polar surface area (TPSA) is 62.3 Å². The van der Waals surface area contributed by atoms with Crippen molar-refractivity contribution >= 4 is 34.5 Å². The van der Waals surface area contributed by atoms with Crippen LogP contribution in [0.1, 0.15) is 46.1 Å². The monoisotopic (exact) mass is 349 g/mol. The molecular formula is C16H19N3O2S2. The molecule has 7 heteroatoms. The van der Waals surface area contributed by atoms with Gasteiger partial charge in [0.1, 0.15) is 0 Å². The molecule has 3 rings (SSSR count). The van der Waals surface area contributed by atoms with Gasteiger partial charge in [-0.2, -0.15) is 0 Å². The van der Waals surface area contributed by atoms with Crippen molar-refractivity contribution in [3.63, 3.8) is 0 Å². The molecule has 3 heterocycles. The first kappa shape index (κ1) is 16.1. The number of nitrogens with one attached hydrogen (secondary N) is 1. The van der Waals surface area contributed by atoms with E-state index in [-0.39, 0.29) is 11.8 Å². The van der Waals surface area contributed by atoms with Gasteiger partial charge in [0.2, 0.25) is 5.91 Å². The van der Waals surface area contributed by atoms with Crippen molar-refractivity contribution in [2.45, 2.75) is 32.2 Å². The smallest absolute Gasteiger partial charge is 0.263 e. The molecule has 0 aliphatic carbocycles. The van der Waals surface area contributed by atoms with Gasteiger partial charge < -0.3 is 10.2 Å². The lowest BCUT2D eigenvalue weighted by molar-refractivity contribution is -0.119. The number of thiazole rings is 1. The van der Waals surface area contributed by atoms with Gasteiger partial charge in [-0.05, 0) is 24.3 Å². The van der Waals surface area contributed by atoms with E-state index in [9.17, 15) is 9.59 Å². The van der Waals surface area contributed by atoms with Crippen LogP contribution < -0.4 is 5.32 Å². The van der Waals surface area contributed by atoms with E-state index in [2.05, 4.69) is 10.3 Å². The highest BCUT2D eigenvalue weighted by Gasteiger charge is 2.26. The Labute approximate surface area is 143 Å². The summed E-state index contributed by atoms with van der Waals surface area (Å²) in [7, 11) is 0. The molecule has 2 aromatic heterocycles. The molecule has 0 spiro atoms. The van der Waals surface area contributed by atoms with Gasteiger partial charge in [0, 0.05) is 31.3 Å². The van der Waals surface area contributed by atoms with E-state index >= 15 is 0 Å². The summed E-state index contributed by atoms with van der Waals surface area (Å²) < 4.78 is 0. The maximum absolute atomic E-state index is 12.3. The molecule has 0 bridgehead atoms. The summed E-state index contributed by atoms with van der Waals surface area (Å²) >= 11 is 3.15. The number of amides is 2. The number of aromatic nitrogens is 1. The van der Waals surface area contributed by atoms with E-state index in [0.717, 1.165) is 41.5 Å².